The molecule has 9 heteroatoms. The van der Waals surface area contributed by atoms with Gasteiger partial charge in [-0.25, -0.2) is 9.58 Å². The summed E-state index contributed by atoms with van der Waals surface area (Å²) >= 11 is 0. The highest BCUT2D eigenvalue weighted by atomic mass is 16.7. The van der Waals surface area contributed by atoms with E-state index in [1.54, 1.807) is 24.3 Å². The maximum Gasteiger partial charge on any atom is 0.283 e. The van der Waals surface area contributed by atoms with Crippen molar-refractivity contribution in [2.45, 2.75) is 30.8 Å². The third-order valence-corrected chi connectivity index (χ3v) is 4.96. The molecule has 2 aliphatic rings. The summed E-state index contributed by atoms with van der Waals surface area (Å²) in [6.07, 6.45) is -0.929. The fraction of sp³-hybridized carbons (Fsp3) is 0.312. The molecule has 9 nitrogen and oxygen atoms in total. The van der Waals surface area contributed by atoms with Crippen LogP contribution < -0.4 is 5.56 Å². The quantitative estimate of drug-likeness (QED) is 0.544. The number of aliphatic hydroxyl groups excluding tert-OH is 2. The molecule has 3 N–H and O–H groups in total. The Morgan fingerprint density at radius 1 is 1.28 bits per heavy atom. The molecule has 3 aromatic rings. The second-order valence-electron chi connectivity index (χ2n) is 6.35. The largest absolute Gasteiger partial charge is 0.388 e. The molecule has 0 radical (unpaired) electrons. The van der Waals surface area contributed by atoms with Crippen molar-refractivity contribution in [1.29, 1.82) is 0 Å². The van der Waals surface area contributed by atoms with Crippen LogP contribution in [0.1, 0.15) is 16.8 Å². The number of aromatic amines is 1. The smallest absolute Gasteiger partial charge is 0.283 e. The fourth-order valence-corrected chi connectivity index (χ4v) is 3.68. The van der Waals surface area contributed by atoms with Gasteiger partial charge in [-0.1, -0.05) is 12.1 Å². The number of aromatic nitrogens is 3. The average Bonchev–Trinajstić information content (AvgIpc) is 3.30. The molecule has 2 aromatic heterocycles. The lowest BCUT2D eigenvalue weighted by Gasteiger charge is -2.31. The second kappa shape index (κ2) is 4.88. The molecule has 2 fully saturated rings. The molecule has 1 saturated carbocycles. The predicted molar refractivity (Wildman–Crippen MR) is 84.8 cm³/mol. The van der Waals surface area contributed by atoms with Gasteiger partial charge < -0.3 is 15.2 Å². The van der Waals surface area contributed by atoms with Crippen molar-refractivity contribution in [3.05, 3.63) is 46.4 Å². The summed E-state index contributed by atoms with van der Waals surface area (Å²) in [5, 5.41) is 25.5. The van der Waals surface area contributed by atoms with Crippen LogP contribution in [0.15, 0.2) is 35.3 Å². The maximum absolute atomic E-state index is 12.8. The van der Waals surface area contributed by atoms with Gasteiger partial charge >= 0.3 is 0 Å². The highest BCUT2D eigenvalue weighted by Gasteiger charge is 2.54. The summed E-state index contributed by atoms with van der Waals surface area (Å²) in [5.41, 5.74) is 0.684. The molecule has 3 heterocycles. The number of hydrogen-bond donors (Lipinski definition) is 3. The van der Waals surface area contributed by atoms with Gasteiger partial charge in [-0.05, 0) is 12.1 Å². The van der Waals surface area contributed by atoms with Crippen LogP contribution in [0.4, 0.5) is 0 Å². The van der Waals surface area contributed by atoms with E-state index in [0.29, 0.717) is 17.3 Å². The Bertz CT molecular complexity index is 1070. The van der Waals surface area contributed by atoms with Gasteiger partial charge in [0, 0.05) is 6.42 Å². The Morgan fingerprint density at radius 3 is 2.84 bits per heavy atom. The first-order valence-electron chi connectivity index (χ1n) is 7.91. The lowest BCUT2D eigenvalue weighted by molar-refractivity contribution is -0.216. The van der Waals surface area contributed by atoms with E-state index in [4.69, 9.17) is 4.84 Å². The number of amides is 1. The zero-order chi connectivity index (χ0) is 17.3. The number of hydroxylamine groups is 2. The number of rotatable bonds is 1. The van der Waals surface area contributed by atoms with Crippen molar-refractivity contribution in [3.8, 4) is 0 Å². The first kappa shape index (κ1) is 14.6. The summed E-state index contributed by atoms with van der Waals surface area (Å²) in [4.78, 5) is 33.2. The Balaban J connectivity index is 1.62. The van der Waals surface area contributed by atoms with Crippen molar-refractivity contribution >= 4 is 22.5 Å². The monoisotopic (exact) mass is 342 g/mol. The first-order valence-corrected chi connectivity index (χ1v) is 7.91. The summed E-state index contributed by atoms with van der Waals surface area (Å²) in [6.45, 7) is 0. The molecule has 0 spiro atoms. The van der Waals surface area contributed by atoms with E-state index < -0.39 is 30.3 Å². The molecule has 128 valence electrons. The molecule has 1 aromatic carbocycles. The number of nitrogens with zero attached hydrogens (tertiary/aromatic N) is 3. The van der Waals surface area contributed by atoms with Gasteiger partial charge in [-0.2, -0.15) is 5.10 Å². The van der Waals surface area contributed by atoms with Gasteiger partial charge in [-0.3, -0.25) is 14.4 Å². The van der Waals surface area contributed by atoms with Crippen LogP contribution in [0.3, 0.4) is 0 Å². The summed E-state index contributed by atoms with van der Waals surface area (Å²) < 4.78 is 1.49. The van der Waals surface area contributed by atoms with Crippen LogP contribution >= 0.6 is 0 Å². The molecule has 1 aliphatic heterocycles. The number of H-pyrrole nitrogens is 1. The van der Waals surface area contributed by atoms with Crippen LogP contribution in [-0.4, -0.2) is 60.1 Å². The van der Waals surface area contributed by atoms with Crippen molar-refractivity contribution < 1.29 is 19.8 Å². The molecule has 5 rings (SSSR count). The predicted octanol–water partition coefficient (Wildman–Crippen LogP) is -0.574. The third kappa shape index (κ3) is 1.85. The van der Waals surface area contributed by atoms with Gasteiger partial charge in [0.2, 0.25) is 0 Å². The Kier molecular flexibility index (Phi) is 2.85. The topological polar surface area (TPSA) is 120 Å². The zero-order valence-electron chi connectivity index (χ0n) is 12.9. The standard InChI is InChI=1S/C16H14N4O5/c21-12-10-5-11(13(12)22)25-20(10)16(24)8-6-17-19-9-4-2-1-3-7(9)15(23)18-14(8)19/h1-4,6,10-13,21-22H,5H2,(H,18,23)/t10-,11+,12+,13-/m0/s1. The van der Waals surface area contributed by atoms with Gasteiger partial charge in [0.1, 0.15) is 29.5 Å². The minimum atomic E-state index is -1.05. The lowest BCUT2D eigenvalue weighted by Crippen LogP contribution is -2.50. The number of carbonyl (C=O) groups excluding carboxylic acids is 1. The number of nitrogens with one attached hydrogen (secondary N) is 1. The van der Waals surface area contributed by atoms with Crippen LogP contribution in [0.5, 0.6) is 0 Å². The lowest BCUT2D eigenvalue weighted by atomic mass is 10.1. The third-order valence-electron chi connectivity index (χ3n) is 4.96. The SMILES string of the molecule is O=C(c1cnn2c1[nH]c(=O)c1ccccc12)N1O[C@@H]2C[C@H]1[C@@H](O)[C@H]2O. The highest BCUT2D eigenvalue weighted by Crippen LogP contribution is 2.36. The molecule has 25 heavy (non-hydrogen) atoms. The molecule has 2 bridgehead atoms. The Hall–Kier alpha value is -2.75. The van der Waals surface area contributed by atoms with Gasteiger partial charge in [-0.15, -0.1) is 0 Å². The van der Waals surface area contributed by atoms with E-state index in [1.807, 2.05) is 0 Å². The first-order chi connectivity index (χ1) is 12.1. The van der Waals surface area contributed by atoms with E-state index in [9.17, 15) is 19.8 Å². The van der Waals surface area contributed by atoms with Crippen LogP contribution in [0, 0.1) is 0 Å². The summed E-state index contributed by atoms with van der Waals surface area (Å²) in [6, 6.07) is 6.34. The van der Waals surface area contributed by atoms with Crippen molar-refractivity contribution in [1.82, 2.24) is 19.7 Å². The normalized spacial score (nSPS) is 28.3. The highest BCUT2D eigenvalue weighted by molar-refractivity contribution is 6.00. The Morgan fingerprint density at radius 2 is 2.08 bits per heavy atom. The summed E-state index contributed by atoms with van der Waals surface area (Å²) in [7, 11) is 0. The van der Waals surface area contributed by atoms with E-state index >= 15 is 0 Å². The van der Waals surface area contributed by atoms with E-state index in [2.05, 4.69) is 10.1 Å². The Labute approximate surface area is 140 Å². The molecular formula is C16H14N4O5. The van der Waals surface area contributed by atoms with Crippen LogP contribution in [0.25, 0.3) is 16.6 Å². The second-order valence-corrected chi connectivity index (χ2v) is 6.35. The molecule has 1 saturated heterocycles. The van der Waals surface area contributed by atoms with E-state index in [-0.39, 0.29) is 16.8 Å². The number of benzene rings is 1. The fourth-order valence-electron chi connectivity index (χ4n) is 3.68. The molecule has 0 unspecified atom stereocenters. The number of fused-ring (bicyclic) bond motifs is 5. The van der Waals surface area contributed by atoms with E-state index in [1.165, 1.54) is 10.7 Å². The van der Waals surface area contributed by atoms with Crippen molar-refractivity contribution in [2.24, 2.45) is 0 Å². The van der Waals surface area contributed by atoms with Gasteiger partial charge in [0.25, 0.3) is 11.5 Å². The molecular weight excluding hydrogens is 328 g/mol. The summed E-state index contributed by atoms with van der Waals surface area (Å²) in [5.74, 6) is -0.514. The number of hydrogen-bond acceptors (Lipinski definition) is 6. The van der Waals surface area contributed by atoms with Gasteiger partial charge in [0.05, 0.1) is 23.1 Å². The van der Waals surface area contributed by atoms with E-state index in [0.717, 1.165) is 5.06 Å². The van der Waals surface area contributed by atoms with Crippen molar-refractivity contribution in [2.75, 3.05) is 0 Å². The maximum atomic E-state index is 12.8. The number of carbonyl (C=O) groups is 1. The van der Waals surface area contributed by atoms with Crippen LogP contribution in [-0.2, 0) is 4.84 Å². The van der Waals surface area contributed by atoms with Crippen LogP contribution in [0.2, 0.25) is 0 Å². The molecule has 1 aliphatic carbocycles. The zero-order valence-corrected chi connectivity index (χ0v) is 12.9. The minimum Gasteiger partial charge on any atom is -0.388 e. The number of aliphatic hydroxyl groups is 2. The number of para-hydroxylation sites is 1. The minimum absolute atomic E-state index is 0.164. The average molecular weight is 342 g/mol. The van der Waals surface area contributed by atoms with Gasteiger partial charge in [0.15, 0.2) is 0 Å². The molecule has 1 amide bonds. The molecule has 4 atom stereocenters. The van der Waals surface area contributed by atoms with Crippen molar-refractivity contribution in [3.63, 3.8) is 0 Å².